The standard InChI is InChI=1S/C22H23N5O3S/c1-15-7-8-19(28)20(13-15)31(29,30)26-11-9-25(10-12-26)22-17-5-3-4-6-18(17)27-21(23-22)14-16(2)24-27/h3-8,13-14,28H,9-12H2,1-2H3. The largest absolute Gasteiger partial charge is 0.507 e. The van der Waals surface area contributed by atoms with Gasteiger partial charge in [0, 0.05) is 37.6 Å². The van der Waals surface area contributed by atoms with Crippen molar-refractivity contribution in [1.82, 2.24) is 18.9 Å². The summed E-state index contributed by atoms with van der Waals surface area (Å²) < 4.78 is 29.5. The second-order valence-electron chi connectivity index (χ2n) is 7.87. The number of rotatable bonds is 3. The van der Waals surface area contributed by atoms with Gasteiger partial charge in [-0.25, -0.2) is 17.9 Å². The summed E-state index contributed by atoms with van der Waals surface area (Å²) in [6.45, 7) is 5.39. The summed E-state index contributed by atoms with van der Waals surface area (Å²) >= 11 is 0. The number of phenolic OH excluding ortho intramolecular Hbond substituents is 1. The van der Waals surface area contributed by atoms with E-state index in [1.54, 1.807) is 6.07 Å². The van der Waals surface area contributed by atoms with Crippen molar-refractivity contribution in [3.05, 3.63) is 59.8 Å². The van der Waals surface area contributed by atoms with E-state index in [0.717, 1.165) is 33.6 Å². The second-order valence-corrected chi connectivity index (χ2v) is 9.78. The lowest BCUT2D eigenvalue weighted by molar-refractivity contribution is 0.380. The first kappa shape index (κ1) is 19.8. The summed E-state index contributed by atoms with van der Waals surface area (Å²) in [6.07, 6.45) is 0. The van der Waals surface area contributed by atoms with E-state index in [9.17, 15) is 13.5 Å². The lowest BCUT2D eigenvalue weighted by atomic mass is 10.2. The van der Waals surface area contributed by atoms with Gasteiger partial charge in [0.1, 0.15) is 16.5 Å². The van der Waals surface area contributed by atoms with E-state index in [4.69, 9.17) is 4.98 Å². The Kier molecular flexibility index (Phi) is 4.60. The molecule has 4 aromatic rings. The van der Waals surface area contributed by atoms with Crippen LogP contribution in [0.15, 0.2) is 53.4 Å². The number of piperazine rings is 1. The van der Waals surface area contributed by atoms with Gasteiger partial charge in [0.25, 0.3) is 0 Å². The Labute approximate surface area is 180 Å². The van der Waals surface area contributed by atoms with Gasteiger partial charge in [-0.2, -0.15) is 9.40 Å². The third-order valence-corrected chi connectivity index (χ3v) is 7.61. The minimum atomic E-state index is -3.77. The Morgan fingerprint density at radius 2 is 1.71 bits per heavy atom. The first-order chi connectivity index (χ1) is 14.8. The summed E-state index contributed by atoms with van der Waals surface area (Å²) in [7, 11) is -3.77. The van der Waals surface area contributed by atoms with E-state index in [0.29, 0.717) is 26.2 Å². The lowest BCUT2D eigenvalue weighted by Gasteiger charge is -2.35. The highest BCUT2D eigenvalue weighted by Crippen LogP contribution is 2.30. The van der Waals surface area contributed by atoms with E-state index in [1.807, 2.05) is 48.7 Å². The molecule has 0 amide bonds. The maximum atomic E-state index is 13.1. The molecular weight excluding hydrogens is 414 g/mol. The van der Waals surface area contributed by atoms with Gasteiger partial charge in [0.05, 0.1) is 11.2 Å². The van der Waals surface area contributed by atoms with Gasteiger partial charge in [0.15, 0.2) is 5.65 Å². The molecule has 0 unspecified atom stereocenters. The van der Waals surface area contributed by atoms with Crippen LogP contribution in [0.25, 0.3) is 16.6 Å². The monoisotopic (exact) mass is 437 g/mol. The zero-order chi connectivity index (χ0) is 21.8. The number of para-hydroxylation sites is 1. The molecular formula is C22H23N5O3S. The van der Waals surface area contributed by atoms with Crippen LogP contribution in [0, 0.1) is 13.8 Å². The van der Waals surface area contributed by atoms with Crippen molar-refractivity contribution in [1.29, 1.82) is 0 Å². The third kappa shape index (κ3) is 3.30. The van der Waals surface area contributed by atoms with Crippen molar-refractivity contribution in [2.75, 3.05) is 31.1 Å². The predicted octanol–water partition coefficient (Wildman–Crippen LogP) is 2.72. The molecule has 1 fully saturated rings. The van der Waals surface area contributed by atoms with Gasteiger partial charge in [0.2, 0.25) is 10.0 Å². The van der Waals surface area contributed by atoms with E-state index in [1.165, 1.54) is 16.4 Å². The molecule has 0 atom stereocenters. The van der Waals surface area contributed by atoms with Crippen LogP contribution in [0.5, 0.6) is 5.75 Å². The zero-order valence-corrected chi connectivity index (χ0v) is 18.2. The molecule has 5 rings (SSSR count). The molecule has 160 valence electrons. The van der Waals surface area contributed by atoms with Gasteiger partial charge in [-0.3, -0.25) is 0 Å². The molecule has 0 bridgehead atoms. The number of phenols is 1. The summed E-state index contributed by atoms with van der Waals surface area (Å²) in [5.41, 5.74) is 3.42. The fourth-order valence-electron chi connectivity index (χ4n) is 4.11. The van der Waals surface area contributed by atoms with E-state index in [-0.39, 0.29) is 10.6 Å². The SMILES string of the molecule is Cc1ccc(O)c(S(=O)(=O)N2CCN(c3nc4cc(C)nn4c4ccccc34)CC2)c1. The summed E-state index contributed by atoms with van der Waals surface area (Å²) in [5, 5.41) is 15.6. The predicted molar refractivity (Wildman–Crippen MR) is 119 cm³/mol. The maximum absolute atomic E-state index is 13.1. The third-order valence-electron chi connectivity index (χ3n) is 5.68. The number of aromatic nitrogens is 3. The van der Waals surface area contributed by atoms with Crippen molar-refractivity contribution in [3.63, 3.8) is 0 Å². The number of aromatic hydroxyl groups is 1. The minimum Gasteiger partial charge on any atom is -0.507 e. The number of anilines is 1. The quantitative estimate of drug-likeness (QED) is 0.530. The molecule has 2 aromatic heterocycles. The first-order valence-corrected chi connectivity index (χ1v) is 11.6. The van der Waals surface area contributed by atoms with Crippen molar-refractivity contribution >= 4 is 32.4 Å². The Balaban J connectivity index is 1.47. The molecule has 31 heavy (non-hydrogen) atoms. The van der Waals surface area contributed by atoms with Crippen molar-refractivity contribution in [3.8, 4) is 5.75 Å². The van der Waals surface area contributed by atoms with E-state index < -0.39 is 10.0 Å². The fraction of sp³-hybridized carbons (Fsp3) is 0.273. The first-order valence-electron chi connectivity index (χ1n) is 10.1. The highest BCUT2D eigenvalue weighted by atomic mass is 32.2. The Morgan fingerprint density at radius 3 is 2.48 bits per heavy atom. The van der Waals surface area contributed by atoms with E-state index in [2.05, 4.69) is 10.00 Å². The smallest absolute Gasteiger partial charge is 0.246 e. The number of nitrogens with zero attached hydrogens (tertiary/aromatic N) is 5. The number of aryl methyl sites for hydroxylation is 2. The second kappa shape index (κ2) is 7.21. The minimum absolute atomic E-state index is 0.0410. The number of hydrogen-bond donors (Lipinski definition) is 1. The maximum Gasteiger partial charge on any atom is 0.246 e. The topological polar surface area (TPSA) is 91.0 Å². The Bertz CT molecular complexity index is 1410. The van der Waals surface area contributed by atoms with Crippen molar-refractivity contribution in [2.45, 2.75) is 18.7 Å². The summed E-state index contributed by atoms with van der Waals surface area (Å²) in [6, 6.07) is 14.6. The highest BCUT2D eigenvalue weighted by Gasteiger charge is 2.31. The Morgan fingerprint density at radius 1 is 0.968 bits per heavy atom. The molecule has 3 heterocycles. The molecule has 8 nitrogen and oxygen atoms in total. The molecule has 9 heteroatoms. The fourth-order valence-corrected chi connectivity index (χ4v) is 5.70. The number of hydrogen-bond acceptors (Lipinski definition) is 6. The Hall–Kier alpha value is -3.17. The molecule has 1 aliphatic rings. The molecule has 0 aliphatic carbocycles. The molecule has 0 saturated carbocycles. The van der Waals surface area contributed by atoms with Crippen LogP contribution in [-0.4, -0.2) is 58.6 Å². The van der Waals surface area contributed by atoms with Gasteiger partial charge in [-0.15, -0.1) is 0 Å². The van der Waals surface area contributed by atoms with Crippen LogP contribution in [0.2, 0.25) is 0 Å². The van der Waals surface area contributed by atoms with Gasteiger partial charge in [-0.1, -0.05) is 18.2 Å². The highest BCUT2D eigenvalue weighted by molar-refractivity contribution is 7.89. The van der Waals surface area contributed by atoms with Crippen LogP contribution < -0.4 is 4.90 Å². The number of fused-ring (bicyclic) bond motifs is 3. The van der Waals surface area contributed by atoms with Crippen molar-refractivity contribution in [2.24, 2.45) is 0 Å². The van der Waals surface area contributed by atoms with Crippen LogP contribution >= 0.6 is 0 Å². The lowest BCUT2D eigenvalue weighted by Crippen LogP contribution is -2.49. The summed E-state index contributed by atoms with van der Waals surface area (Å²) in [5.74, 6) is 0.612. The van der Waals surface area contributed by atoms with E-state index >= 15 is 0 Å². The van der Waals surface area contributed by atoms with Crippen molar-refractivity contribution < 1.29 is 13.5 Å². The number of benzene rings is 2. The van der Waals surface area contributed by atoms with Crippen LogP contribution in [0.1, 0.15) is 11.3 Å². The average molecular weight is 438 g/mol. The van der Waals surface area contributed by atoms with Gasteiger partial charge < -0.3 is 10.0 Å². The molecule has 1 N–H and O–H groups in total. The molecule has 2 aromatic carbocycles. The molecule has 1 saturated heterocycles. The van der Waals surface area contributed by atoms with Crippen LogP contribution in [-0.2, 0) is 10.0 Å². The van der Waals surface area contributed by atoms with Crippen LogP contribution in [0.3, 0.4) is 0 Å². The summed E-state index contributed by atoms with van der Waals surface area (Å²) in [4.78, 5) is 6.91. The number of sulfonamides is 1. The average Bonchev–Trinajstić information content (AvgIpc) is 3.15. The molecule has 1 aliphatic heterocycles. The van der Waals surface area contributed by atoms with Crippen LogP contribution in [0.4, 0.5) is 5.82 Å². The molecule has 0 radical (unpaired) electrons. The van der Waals surface area contributed by atoms with Gasteiger partial charge in [-0.05, 0) is 43.7 Å². The van der Waals surface area contributed by atoms with Gasteiger partial charge >= 0.3 is 0 Å². The normalized spacial score (nSPS) is 15.7. The molecule has 0 spiro atoms. The zero-order valence-electron chi connectivity index (χ0n) is 17.4.